The molecule has 6 heteroatoms. The van der Waals surface area contributed by atoms with Crippen LogP contribution < -0.4 is 0 Å². The van der Waals surface area contributed by atoms with Gasteiger partial charge in [-0.1, -0.05) is 35.3 Å². The Bertz CT molecular complexity index is 524. The lowest BCUT2D eigenvalue weighted by Gasteiger charge is -2.29. The molecule has 0 aliphatic rings. The smallest absolute Gasteiger partial charge is 0.155 e. The van der Waals surface area contributed by atoms with Crippen molar-refractivity contribution in [2.75, 3.05) is 6.26 Å². The van der Waals surface area contributed by atoms with E-state index in [1.807, 2.05) is 0 Å². The summed E-state index contributed by atoms with van der Waals surface area (Å²) >= 11 is 11.8. The van der Waals surface area contributed by atoms with Gasteiger partial charge >= 0.3 is 0 Å². The van der Waals surface area contributed by atoms with Crippen molar-refractivity contribution in [2.45, 2.75) is 24.7 Å². The van der Waals surface area contributed by atoms with Gasteiger partial charge in [-0.15, -0.1) is 0 Å². The van der Waals surface area contributed by atoms with E-state index in [4.69, 9.17) is 23.2 Å². The minimum atomic E-state index is -3.43. The van der Waals surface area contributed by atoms with Gasteiger partial charge in [-0.3, -0.25) is 0 Å². The van der Waals surface area contributed by atoms with Crippen LogP contribution in [0.1, 0.15) is 25.5 Å². The minimum absolute atomic E-state index is 0.179. The molecule has 0 aromatic heterocycles. The largest absolute Gasteiger partial charge is 0.387 e. The molecule has 1 aromatic carbocycles. The molecule has 1 unspecified atom stereocenters. The highest BCUT2D eigenvalue weighted by Gasteiger charge is 2.39. The van der Waals surface area contributed by atoms with Crippen LogP contribution >= 0.6 is 23.2 Å². The van der Waals surface area contributed by atoms with Crippen molar-refractivity contribution in [1.29, 1.82) is 0 Å². The Kier molecular flexibility index (Phi) is 4.14. The average molecular weight is 297 g/mol. The van der Waals surface area contributed by atoms with E-state index in [-0.39, 0.29) is 10.0 Å². The first-order valence-electron chi connectivity index (χ1n) is 4.90. The summed E-state index contributed by atoms with van der Waals surface area (Å²) < 4.78 is 21.9. The standard InChI is InChI=1S/C11H14Cl2O3S/c1-11(2,17(3,15)16)10(14)7-5-4-6-8(12)9(7)13/h4-6,10,14H,1-3H3. The van der Waals surface area contributed by atoms with Crippen molar-refractivity contribution in [3.63, 3.8) is 0 Å². The van der Waals surface area contributed by atoms with E-state index >= 15 is 0 Å². The van der Waals surface area contributed by atoms with Gasteiger partial charge in [0.15, 0.2) is 9.84 Å². The Morgan fingerprint density at radius 3 is 2.29 bits per heavy atom. The fraction of sp³-hybridized carbons (Fsp3) is 0.455. The van der Waals surface area contributed by atoms with Crippen LogP contribution in [0.2, 0.25) is 10.0 Å². The molecule has 96 valence electrons. The molecule has 0 aliphatic heterocycles. The lowest BCUT2D eigenvalue weighted by molar-refractivity contribution is 0.139. The summed E-state index contributed by atoms with van der Waals surface area (Å²) in [5, 5.41) is 10.6. The predicted molar refractivity (Wildman–Crippen MR) is 70.3 cm³/mol. The summed E-state index contributed by atoms with van der Waals surface area (Å²) in [6, 6.07) is 4.75. The third-order valence-electron chi connectivity index (χ3n) is 2.89. The molecule has 1 rings (SSSR count). The first kappa shape index (κ1) is 14.8. The number of benzene rings is 1. The van der Waals surface area contributed by atoms with E-state index in [2.05, 4.69) is 0 Å². The molecule has 17 heavy (non-hydrogen) atoms. The Labute approximate surface area is 111 Å². The number of halogens is 2. The monoisotopic (exact) mass is 296 g/mol. The third-order valence-corrected chi connectivity index (χ3v) is 5.86. The SMILES string of the molecule is CC(C)(C(O)c1cccc(Cl)c1Cl)S(C)(=O)=O. The van der Waals surface area contributed by atoms with Gasteiger partial charge in [0.25, 0.3) is 0 Å². The zero-order chi connectivity index (χ0) is 13.4. The van der Waals surface area contributed by atoms with Gasteiger partial charge in [0.1, 0.15) is 0 Å². The number of sulfone groups is 1. The van der Waals surface area contributed by atoms with Crippen LogP contribution in [-0.2, 0) is 9.84 Å². The van der Waals surface area contributed by atoms with E-state index in [1.54, 1.807) is 18.2 Å². The summed E-state index contributed by atoms with van der Waals surface area (Å²) in [6.45, 7) is 2.90. The van der Waals surface area contributed by atoms with Crippen LogP contribution in [0.15, 0.2) is 18.2 Å². The summed E-state index contributed by atoms with van der Waals surface area (Å²) in [5.41, 5.74) is 0.314. The summed E-state index contributed by atoms with van der Waals surface area (Å²) in [5.74, 6) is 0. The van der Waals surface area contributed by atoms with Crippen LogP contribution in [0.25, 0.3) is 0 Å². The van der Waals surface area contributed by atoms with Gasteiger partial charge in [-0.2, -0.15) is 0 Å². The molecular weight excluding hydrogens is 283 g/mol. The van der Waals surface area contributed by atoms with Crippen LogP contribution in [0.5, 0.6) is 0 Å². The highest BCUT2D eigenvalue weighted by atomic mass is 35.5. The van der Waals surface area contributed by atoms with E-state index in [9.17, 15) is 13.5 Å². The summed E-state index contributed by atoms with van der Waals surface area (Å²) in [6.07, 6.45) is -0.155. The maximum absolute atomic E-state index is 11.6. The normalized spacial score (nSPS) is 14.7. The Morgan fingerprint density at radius 1 is 1.29 bits per heavy atom. The molecule has 0 bridgehead atoms. The Balaban J connectivity index is 3.31. The first-order chi connectivity index (χ1) is 7.59. The highest BCUT2D eigenvalue weighted by molar-refractivity contribution is 7.92. The molecular formula is C11H14Cl2O3S. The molecule has 3 nitrogen and oxygen atoms in total. The lowest BCUT2D eigenvalue weighted by atomic mass is 9.98. The van der Waals surface area contributed by atoms with Crippen LogP contribution in [0, 0.1) is 0 Å². The first-order valence-corrected chi connectivity index (χ1v) is 7.55. The maximum atomic E-state index is 11.6. The maximum Gasteiger partial charge on any atom is 0.155 e. The fourth-order valence-electron chi connectivity index (χ4n) is 1.31. The van der Waals surface area contributed by atoms with Gasteiger partial charge < -0.3 is 5.11 Å². The number of aliphatic hydroxyl groups is 1. The third kappa shape index (κ3) is 2.76. The molecule has 0 aliphatic carbocycles. The lowest BCUT2D eigenvalue weighted by Crippen LogP contribution is -2.38. The number of hydrogen-bond donors (Lipinski definition) is 1. The van der Waals surface area contributed by atoms with E-state index < -0.39 is 20.7 Å². The zero-order valence-electron chi connectivity index (χ0n) is 9.74. The van der Waals surface area contributed by atoms with Crippen molar-refractivity contribution < 1.29 is 13.5 Å². The summed E-state index contributed by atoms with van der Waals surface area (Å²) in [7, 11) is -3.43. The Hall–Kier alpha value is -0.290. The molecule has 0 fully saturated rings. The van der Waals surface area contributed by atoms with E-state index in [1.165, 1.54) is 13.8 Å². The van der Waals surface area contributed by atoms with Gasteiger partial charge in [0, 0.05) is 11.8 Å². The second-order valence-corrected chi connectivity index (χ2v) is 7.80. The number of rotatable bonds is 3. The average Bonchev–Trinajstić information content (AvgIpc) is 2.19. The second-order valence-electron chi connectivity index (χ2n) is 4.42. The van der Waals surface area contributed by atoms with E-state index in [0.717, 1.165) is 6.26 Å². The number of hydrogen-bond acceptors (Lipinski definition) is 3. The highest BCUT2D eigenvalue weighted by Crippen LogP contribution is 2.37. The molecule has 0 saturated heterocycles. The number of aliphatic hydroxyl groups excluding tert-OH is 1. The van der Waals surface area contributed by atoms with Crippen LogP contribution in [0.3, 0.4) is 0 Å². The van der Waals surface area contributed by atoms with Crippen molar-refractivity contribution in [1.82, 2.24) is 0 Å². The molecule has 1 N–H and O–H groups in total. The zero-order valence-corrected chi connectivity index (χ0v) is 12.1. The predicted octanol–water partition coefficient (Wildman–Crippen LogP) is 2.85. The molecule has 0 heterocycles. The van der Waals surface area contributed by atoms with Gasteiger partial charge in [-0.25, -0.2) is 8.42 Å². The molecule has 0 saturated carbocycles. The Morgan fingerprint density at radius 2 is 1.82 bits per heavy atom. The minimum Gasteiger partial charge on any atom is -0.387 e. The van der Waals surface area contributed by atoms with Crippen molar-refractivity contribution in [2.24, 2.45) is 0 Å². The van der Waals surface area contributed by atoms with Gasteiger partial charge in [0.2, 0.25) is 0 Å². The van der Waals surface area contributed by atoms with Crippen LogP contribution in [-0.4, -0.2) is 24.5 Å². The topological polar surface area (TPSA) is 54.4 Å². The van der Waals surface area contributed by atoms with Crippen molar-refractivity contribution in [3.05, 3.63) is 33.8 Å². The van der Waals surface area contributed by atoms with Gasteiger partial charge in [0.05, 0.1) is 20.9 Å². The second kappa shape index (κ2) is 4.76. The quantitative estimate of drug-likeness (QED) is 0.933. The van der Waals surface area contributed by atoms with Crippen molar-refractivity contribution >= 4 is 33.0 Å². The van der Waals surface area contributed by atoms with Crippen molar-refractivity contribution in [3.8, 4) is 0 Å². The molecule has 0 spiro atoms. The van der Waals surface area contributed by atoms with Crippen LogP contribution in [0.4, 0.5) is 0 Å². The molecule has 1 aromatic rings. The molecule has 1 atom stereocenters. The fourth-order valence-corrected chi connectivity index (χ4v) is 2.25. The molecule has 0 radical (unpaired) electrons. The summed E-state index contributed by atoms with van der Waals surface area (Å²) in [4.78, 5) is 0. The van der Waals surface area contributed by atoms with Gasteiger partial charge in [-0.05, 0) is 19.9 Å². The van der Waals surface area contributed by atoms with E-state index in [0.29, 0.717) is 5.56 Å². The molecule has 0 amide bonds.